The number of thioether (sulfide) groups is 1. The molecule has 1 aliphatic heterocycles. The molecular formula is C15H10N2OS2. The molecule has 1 aliphatic rings. The zero-order valence-corrected chi connectivity index (χ0v) is 12.0. The van der Waals surface area contributed by atoms with Crippen LogP contribution in [0.3, 0.4) is 0 Å². The number of carbonyl (C=O) groups excluding carboxylic acids is 1. The number of para-hydroxylation sites is 1. The monoisotopic (exact) mass is 298 g/mol. The topological polar surface area (TPSA) is 33.2 Å². The van der Waals surface area contributed by atoms with E-state index in [1.54, 1.807) is 17.3 Å². The van der Waals surface area contributed by atoms with Gasteiger partial charge in [0.1, 0.15) is 0 Å². The summed E-state index contributed by atoms with van der Waals surface area (Å²) >= 11 is 6.62. The van der Waals surface area contributed by atoms with Gasteiger partial charge in [-0.2, -0.15) is 0 Å². The van der Waals surface area contributed by atoms with Crippen LogP contribution in [-0.2, 0) is 4.79 Å². The highest BCUT2D eigenvalue weighted by Crippen LogP contribution is 2.35. The predicted molar refractivity (Wildman–Crippen MR) is 86.3 cm³/mol. The Labute approximate surface area is 126 Å². The van der Waals surface area contributed by atoms with Gasteiger partial charge in [0.2, 0.25) is 0 Å². The maximum absolute atomic E-state index is 12.4. The Morgan fingerprint density at radius 1 is 1.15 bits per heavy atom. The van der Waals surface area contributed by atoms with Crippen molar-refractivity contribution >= 4 is 46.0 Å². The molecule has 20 heavy (non-hydrogen) atoms. The molecule has 5 heteroatoms. The first-order valence-corrected chi connectivity index (χ1v) is 7.21. The predicted octanol–water partition coefficient (Wildman–Crippen LogP) is 3.49. The van der Waals surface area contributed by atoms with Gasteiger partial charge in [-0.15, -0.1) is 0 Å². The van der Waals surface area contributed by atoms with Gasteiger partial charge in [-0.25, -0.2) is 0 Å². The number of hydrogen-bond donors (Lipinski definition) is 0. The number of amides is 1. The first-order chi connectivity index (χ1) is 9.75. The Hall–Kier alpha value is -1.98. The van der Waals surface area contributed by atoms with Crippen molar-refractivity contribution in [2.45, 2.75) is 0 Å². The lowest BCUT2D eigenvalue weighted by Gasteiger charge is -2.13. The Morgan fingerprint density at radius 3 is 2.65 bits per heavy atom. The van der Waals surface area contributed by atoms with E-state index in [9.17, 15) is 4.79 Å². The maximum Gasteiger partial charge on any atom is 0.270 e. The normalized spacial score (nSPS) is 17.0. The summed E-state index contributed by atoms with van der Waals surface area (Å²) in [5.41, 5.74) is 1.69. The minimum Gasteiger partial charge on any atom is -0.268 e. The fraction of sp³-hybridized carbons (Fsp3) is 0. The molecule has 0 bridgehead atoms. The summed E-state index contributed by atoms with van der Waals surface area (Å²) in [6.07, 6.45) is 5.23. The van der Waals surface area contributed by atoms with E-state index in [-0.39, 0.29) is 5.91 Å². The molecule has 0 spiro atoms. The van der Waals surface area contributed by atoms with Gasteiger partial charge in [0.25, 0.3) is 5.91 Å². The van der Waals surface area contributed by atoms with E-state index in [1.165, 1.54) is 11.8 Å². The van der Waals surface area contributed by atoms with E-state index in [0.29, 0.717) is 9.23 Å². The zero-order valence-electron chi connectivity index (χ0n) is 10.4. The first kappa shape index (κ1) is 13.0. The smallest absolute Gasteiger partial charge is 0.268 e. The number of anilines is 1. The second-order valence-electron chi connectivity index (χ2n) is 4.14. The fourth-order valence-electron chi connectivity index (χ4n) is 1.88. The van der Waals surface area contributed by atoms with Crippen molar-refractivity contribution in [2.75, 3.05) is 4.90 Å². The van der Waals surface area contributed by atoms with Crippen molar-refractivity contribution in [3.8, 4) is 0 Å². The summed E-state index contributed by atoms with van der Waals surface area (Å²) in [6.45, 7) is 0. The SMILES string of the molecule is O=C1/C(=C/c2cccnc2)SC(=S)N1c1ccccc1. The van der Waals surface area contributed by atoms with Crippen LogP contribution in [0.4, 0.5) is 5.69 Å². The molecule has 98 valence electrons. The highest BCUT2D eigenvalue weighted by atomic mass is 32.2. The second-order valence-corrected chi connectivity index (χ2v) is 5.81. The molecule has 1 amide bonds. The molecule has 0 unspecified atom stereocenters. The summed E-state index contributed by atoms with van der Waals surface area (Å²) in [6, 6.07) is 13.2. The summed E-state index contributed by atoms with van der Waals surface area (Å²) in [5.74, 6) is -0.0879. The molecule has 2 heterocycles. The van der Waals surface area contributed by atoms with Crippen molar-refractivity contribution in [3.63, 3.8) is 0 Å². The van der Waals surface area contributed by atoms with E-state index in [0.717, 1.165) is 11.3 Å². The number of thiocarbonyl (C=S) groups is 1. The van der Waals surface area contributed by atoms with Gasteiger partial charge in [-0.3, -0.25) is 14.7 Å². The van der Waals surface area contributed by atoms with Gasteiger partial charge in [0.15, 0.2) is 4.32 Å². The van der Waals surface area contributed by atoms with Crippen molar-refractivity contribution in [1.82, 2.24) is 4.98 Å². The number of hydrogen-bond acceptors (Lipinski definition) is 4. The standard InChI is InChI=1S/C15H10N2OS2/c18-14-13(9-11-5-4-8-16-10-11)20-15(19)17(14)12-6-2-1-3-7-12/h1-10H/b13-9-. The van der Waals surface area contributed by atoms with Crippen molar-refractivity contribution in [2.24, 2.45) is 0 Å². The molecule has 0 radical (unpaired) electrons. The van der Waals surface area contributed by atoms with Crippen LogP contribution < -0.4 is 4.90 Å². The van der Waals surface area contributed by atoms with E-state index in [1.807, 2.05) is 48.5 Å². The van der Waals surface area contributed by atoms with Crippen LogP contribution in [0.25, 0.3) is 6.08 Å². The lowest BCUT2D eigenvalue weighted by Crippen LogP contribution is -2.27. The molecule has 0 N–H and O–H groups in total. The summed E-state index contributed by atoms with van der Waals surface area (Å²) in [4.78, 5) is 18.7. The summed E-state index contributed by atoms with van der Waals surface area (Å²) < 4.78 is 0.552. The number of pyridine rings is 1. The minimum atomic E-state index is -0.0879. The molecule has 1 aromatic heterocycles. The van der Waals surface area contributed by atoms with Crippen molar-refractivity contribution in [3.05, 3.63) is 65.3 Å². The molecule has 3 nitrogen and oxygen atoms in total. The molecule has 0 aliphatic carbocycles. The number of rotatable bonds is 2. The lowest BCUT2D eigenvalue weighted by atomic mass is 10.2. The van der Waals surface area contributed by atoms with E-state index in [2.05, 4.69) is 4.98 Å². The van der Waals surface area contributed by atoms with Gasteiger partial charge >= 0.3 is 0 Å². The number of aromatic nitrogens is 1. The van der Waals surface area contributed by atoms with Gasteiger partial charge in [-0.05, 0) is 29.8 Å². The largest absolute Gasteiger partial charge is 0.270 e. The summed E-state index contributed by atoms with van der Waals surface area (Å²) in [5, 5.41) is 0. The highest BCUT2D eigenvalue weighted by molar-refractivity contribution is 8.27. The third-order valence-corrected chi connectivity index (χ3v) is 4.09. The van der Waals surface area contributed by atoms with E-state index >= 15 is 0 Å². The van der Waals surface area contributed by atoms with Crippen LogP contribution in [-0.4, -0.2) is 15.2 Å². The number of carbonyl (C=O) groups is 1. The Kier molecular flexibility index (Phi) is 3.62. The van der Waals surface area contributed by atoms with Gasteiger partial charge in [0.05, 0.1) is 10.6 Å². The molecule has 1 fully saturated rings. The van der Waals surface area contributed by atoms with Crippen LogP contribution in [0.15, 0.2) is 59.8 Å². The Morgan fingerprint density at radius 2 is 1.95 bits per heavy atom. The highest BCUT2D eigenvalue weighted by Gasteiger charge is 2.33. The minimum absolute atomic E-state index is 0.0879. The molecular weight excluding hydrogens is 288 g/mol. The average molecular weight is 298 g/mol. The maximum atomic E-state index is 12.4. The lowest BCUT2D eigenvalue weighted by molar-refractivity contribution is -0.113. The average Bonchev–Trinajstić information content (AvgIpc) is 2.75. The molecule has 1 saturated heterocycles. The Balaban J connectivity index is 1.93. The zero-order chi connectivity index (χ0) is 13.9. The molecule has 0 saturated carbocycles. The molecule has 2 aromatic rings. The van der Waals surface area contributed by atoms with Crippen LogP contribution in [0.5, 0.6) is 0 Å². The van der Waals surface area contributed by atoms with Crippen LogP contribution in [0.2, 0.25) is 0 Å². The fourth-order valence-corrected chi connectivity index (χ4v) is 3.18. The first-order valence-electron chi connectivity index (χ1n) is 5.99. The second kappa shape index (κ2) is 5.56. The van der Waals surface area contributed by atoms with Crippen LogP contribution >= 0.6 is 24.0 Å². The van der Waals surface area contributed by atoms with Crippen LogP contribution in [0, 0.1) is 0 Å². The van der Waals surface area contributed by atoms with Crippen molar-refractivity contribution in [1.29, 1.82) is 0 Å². The third kappa shape index (κ3) is 2.50. The van der Waals surface area contributed by atoms with Gasteiger partial charge in [-0.1, -0.05) is 48.2 Å². The molecule has 3 rings (SSSR count). The van der Waals surface area contributed by atoms with E-state index < -0.39 is 0 Å². The van der Waals surface area contributed by atoms with Gasteiger partial charge < -0.3 is 0 Å². The molecule has 1 aromatic carbocycles. The van der Waals surface area contributed by atoms with Gasteiger partial charge in [0, 0.05) is 12.4 Å². The van der Waals surface area contributed by atoms with Crippen molar-refractivity contribution < 1.29 is 4.79 Å². The third-order valence-electron chi connectivity index (χ3n) is 2.79. The number of nitrogens with zero attached hydrogens (tertiary/aromatic N) is 2. The number of benzene rings is 1. The summed E-state index contributed by atoms with van der Waals surface area (Å²) in [7, 11) is 0. The van der Waals surface area contributed by atoms with Crippen LogP contribution in [0.1, 0.15) is 5.56 Å². The Bertz CT molecular complexity index is 684. The quantitative estimate of drug-likeness (QED) is 0.628. The molecule has 0 atom stereocenters. The van der Waals surface area contributed by atoms with E-state index in [4.69, 9.17) is 12.2 Å².